The molecular formula is C6H10O4. The largest absolute Gasteiger partial charge is 0.469 e. The lowest BCUT2D eigenvalue weighted by molar-refractivity contribution is -0.147. The summed E-state index contributed by atoms with van der Waals surface area (Å²) in [6, 6.07) is 0. The summed E-state index contributed by atoms with van der Waals surface area (Å²) in [5.74, 6) is -0.880. The van der Waals surface area contributed by atoms with Crippen LogP contribution in [0.1, 0.15) is 0 Å². The van der Waals surface area contributed by atoms with Crippen molar-refractivity contribution in [3.63, 3.8) is 0 Å². The molecule has 0 aromatic carbocycles. The fourth-order valence-electron chi connectivity index (χ4n) is 0.919. The molecule has 4 heteroatoms. The third-order valence-electron chi connectivity index (χ3n) is 1.55. The summed E-state index contributed by atoms with van der Waals surface area (Å²) >= 11 is 0. The molecule has 0 aromatic rings. The number of hydrogen-bond acceptors (Lipinski definition) is 4. The van der Waals surface area contributed by atoms with E-state index in [0.29, 0.717) is 0 Å². The minimum absolute atomic E-state index is 0.236. The van der Waals surface area contributed by atoms with Crippen LogP contribution in [0.5, 0.6) is 0 Å². The third-order valence-corrected chi connectivity index (χ3v) is 1.55. The van der Waals surface area contributed by atoms with E-state index in [2.05, 4.69) is 4.74 Å². The van der Waals surface area contributed by atoms with Crippen molar-refractivity contribution >= 4 is 5.97 Å². The maximum absolute atomic E-state index is 10.8. The Labute approximate surface area is 58.7 Å². The topological polar surface area (TPSA) is 55.8 Å². The number of rotatable bonds is 1. The molecule has 0 saturated carbocycles. The van der Waals surface area contributed by atoms with Crippen LogP contribution in [0.15, 0.2) is 0 Å². The molecule has 0 spiro atoms. The van der Waals surface area contributed by atoms with Gasteiger partial charge in [-0.05, 0) is 0 Å². The standard InChI is InChI=1S/C6H10O4/c1-9-6(8)4-2-10-3-5(4)7/h4-5,7H,2-3H2,1H3/t4-,5-/m1/s1. The highest BCUT2D eigenvalue weighted by Gasteiger charge is 2.33. The van der Waals surface area contributed by atoms with Gasteiger partial charge in [-0.2, -0.15) is 0 Å². The fourth-order valence-corrected chi connectivity index (χ4v) is 0.919. The van der Waals surface area contributed by atoms with Crippen molar-refractivity contribution in [1.29, 1.82) is 0 Å². The van der Waals surface area contributed by atoms with Crippen molar-refractivity contribution in [2.75, 3.05) is 20.3 Å². The zero-order chi connectivity index (χ0) is 7.56. The highest BCUT2D eigenvalue weighted by Crippen LogP contribution is 2.14. The quantitative estimate of drug-likeness (QED) is 0.490. The maximum Gasteiger partial charge on any atom is 0.313 e. The predicted octanol–water partition coefficient (Wildman–Crippen LogP) is -0.833. The minimum atomic E-state index is -0.688. The first-order valence-electron chi connectivity index (χ1n) is 3.09. The molecule has 0 unspecified atom stereocenters. The molecule has 1 aliphatic heterocycles. The van der Waals surface area contributed by atoms with Gasteiger partial charge in [-0.1, -0.05) is 0 Å². The van der Waals surface area contributed by atoms with Crippen molar-refractivity contribution < 1.29 is 19.4 Å². The molecule has 1 N–H and O–H groups in total. The van der Waals surface area contributed by atoms with E-state index < -0.39 is 18.0 Å². The number of methoxy groups -OCH3 is 1. The number of ether oxygens (including phenoxy) is 2. The lowest BCUT2D eigenvalue weighted by Gasteiger charge is -2.07. The fraction of sp³-hybridized carbons (Fsp3) is 0.833. The Morgan fingerprint density at radius 2 is 2.40 bits per heavy atom. The van der Waals surface area contributed by atoms with E-state index in [0.717, 1.165) is 0 Å². The molecule has 0 amide bonds. The van der Waals surface area contributed by atoms with Crippen LogP contribution in [0.4, 0.5) is 0 Å². The Morgan fingerprint density at radius 1 is 1.70 bits per heavy atom. The van der Waals surface area contributed by atoms with Crippen molar-refractivity contribution in [2.24, 2.45) is 5.92 Å². The van der Waals surface area contributed by atoms with E-state index in [1.807, 2.05) is 0 Å². The first kappa shape index (κ1) is 7.50. The summed E-state index contributed by atoms with van der Waals surface area (Å²) in [5, 5.41) is 9.06. The van der Waals surface area contributed by atoms with E-state index in [4.69, 9.17) is 9.84 Å². The van der Waals surface area contributed by atoms with Crippen molar-refractivity contribution in [3.05, 3.63) is 0 Å². The average molecular weight is 146 g/mol. The molecule has 1 saturated heterocycles. The van der Waals surface area contributed by atoms with Gasteiger partial charge in [0.2, 0.25) is 0 Å². The highest BCUT2D eigenvalue weighted by atomic mass is 16.5. The van der Waals surface area contributed by atoms with Gasteiger partial charge in [0, 0.05) is 0 Å². The molecule has 4 nitrogen and oxygen atoms in total. The van der Waals surface area contributed by atoms with Gasteiger partial charge in [0.25, 0.3) is 0 Å². The van der Waals surface area contributed by atoms with Crippen LogP contribution < -0.4 is 0 Å². The van der Waals surface area contributed by atoms with Gasteiger partial charge in [0.1, 0.15) is 5.92 Å². The van der Waals surface area contributed by atoms with E-state index in [-0.39, 0.29) is 13.2 Å². The summed E-state index contributed by atoms with van der Waals surface area (Å²) in [6.45, 7) is 0.508. The monoisotopic (exact) mass is 146 g/mol. The molecule has 1 rings (SSSR count). The lowest BCUT2D eigenvalue weighted by Crippen LogP contribution is -2.27. The van der Waals surface area contributed by atoms with E-state index >= 15 is 0 Å². The second-order valence-electron chi connectivity index (χ2n) is 2.23. The molecule has 2 atom stereocenters. The molecule has 1 fully saturated rings. The Bertz CT molecular complexity index is 134. The maximum atomic E-state index is 10.8. The number of hydrogen-bond donors (Lipinski definition) is 1. The highest BCUT2D eigenvalue weighted by molar-refractivity contribution is 5.73. The summed E-state index contributed by atoms with van der Waals surface area (Å²) in [4.78, 5) is 10.8. The Morgan fingerprint density at radius 3 is 2.80 bits per heavy atom. The average Bonchev–Trinajstić information content (AvgIpc) is 2.34. The number of carbonyl (C=O) groups is 1. The van der Waals surface area contributed by atoms with Gasteiger partial charge in [0.15, 0.2) is 0 Å². The normalized spacial score (nSPS) is 32.2. The van der Waals surface area contributed by atoms with E-state index in [1.165, 1.54) is 7.11 Å². The molecule has 0 bridgehead atoms. The summed E-state index contributed by atoms with van der Waals surface area (Å²) in [6.07, 6.45) is -0.688. The summed E-state index contributed by atoms with van der Waals surface area (Å²) in [5.41, 5.74) is 0. The molecule has 1 aliphatic rings. The van der Waals surface area contributed by atoms with Gasteiger partial charge in [0.05, 0.1) is 26.4 Å². The molecule has 1 heterocycles. The SMILES string of the molecule is COC(=O)[C@@H]1COC[C@H]1O. The van der Waals surface area contributed by atoms with Crippen molar-refractivity contribution in [1.82, 2.24) is 0 Å². The number of carbonyl (C=O) groups excluding carboxylic acids is 1. The van der Waals surface area contributed by atoms with Gasteiger partial charge in [-0.3, -0.25) is 4.79 Å². The molecule has 0 aromatic heterocycles. The van der Waals surface area contributed by atoms with Crippen LogP contribution >= 0.6 is 0 Å². The zero-order valence-electron chi connectivity index (χ0n) is 5.74. The molecule has 0 radical (unpaired) electrons. The molecule has 10 heavy (non-hydrogen) atoms. The lowest BCUT2D eigenvalue weighted by atomic mass is 10.1. The Balaban J connectivity index is 2.46. The number of esters is 1. The first-order chi connectivity index (χ1) is 4.75. The van der Waals surface area contributed by atoms with Gasteiger partial charge in [-0.15, -0.1) is 0 Å². The van der Waals surface area contributed by atoms with Crippen LogP contribution in [-0.4, -0.2) is 37.5 Å². The zero-order valence-corrected chi connectivity index (χ0v) is 5.74. The van der Waals surface area contributed by atoms with Crippen LogP contribution in [-0.2, 0) is 14.3 Å². The predicted molar refractivity (Wildman–Crippen MR) is 32.3 cm³/mol. The summed E-state index contributed by atoms with van der Waals surface area (Å²) in [7, 11) is 1.30. The van der Waals surface area contributed by atoms with E-state index in [1.54, 1.807) is 0 Å². The van der Waals surface area contributed by atoms with Crippen LogP contribution in [0.2, 0.25) is 0 Å². The third kappa shape index (κ3) is 1.27. The molecule has 0 aliphatic carbocycles. The van der Waals surface area contributed by atoms with Crippen molar-refractivity contribution in [3.8, 4) is 0 Å². The second-order valence-corrected chi connectivity index (χ2v) is 2.23. The number of aliphatic hydroxyl groups excluding tert-OH is 1. The molecule has 58 valence electrons. The van der Waals surface area contributed by atoms with E-state index in [9.17, 15) is 4.79 Å². The van der Waals surface area contributed by atoms with Gasteiger partial charge >= 0.3 is 5.97 Å². The second kappa shape index (κ2) is 2.98. The van der Waals surface area contributed by atoms with Crippen LogP contribution in [0.25, 0.3) is 0 Å². The molecular weight excluding hydrogens is 136 g/mol. The van der Waals surface area contributed by atoms with Crippen LogP contribution in [0, 0.1) is 5.92 Å². The van der Waals surface area contributed by atoms with Crippen molar-refractivity contribution in [2.45, 2.75) is 6.10 Å². The van der Waals surface area contributed by atoms with Gasteiger partial charge < -0.3 is 14.6 Å². The number of aliphatic hydroxyl groups is 1. The summed E-state index contributed by atoms with van der Waals surface area (Å²) < 4.78 is 9.27. The Kier molecular flexibility index (Phi) is 2.24. The minimum Gasteiger partial charge on any atom is -0.469 e. The van der Waals surface area contributed by atoms with Gasteiger partial charge in [-0.25, -0.2) is 0 Å². The smallest absolute Gasteiger partial charge is 0.313 e. The first-order valence-corrected chi connectivity index (χ1v) is 3.09. The Hall–Kier alpha value is -0.610. The van der Waals surface area contributed by atoms with Crippen LogP contribution in [0.3, 0.4) is 0 Å².